The zero-order valence-corrected chi connectivity index (χ0v) is 23.9. The molecule has 9 heteroatoms. The number of nitrogens with zero attached hydrogens (tertiary/aromatic N) is 4. The topological polar surface area (TPSA) is 72.7 Å². The molecular formula is C35H30F3N5O. The summed E-state index contributed by atoms with van der Waals surface area (Å²) < 4.78 is 42.7. The van der Waals surface area contributed by atoms with Crippen molar-refractivity contribution in [3.63, 3.8) is 0 Å². The Hall–Kier alpha value is -4.53. The van der Waals surface area contributed by atoms with Crippen molar-refractivity contribution in [1.82, 2.24) is 19.7 Å². The van der Waals surface area contributed by atoms with E-state index in [4.69, 9.17) is 4.98 Å². The average molecular weight is 594 g/mol. The van der Waals surface area contributed by atoms with E-state index in [0.717, 1.165) is 59.5 Å². The van der Waals surface area contributed by atoms with Gasteiger partial charge in [-0.3, -0.25) is 9.48 Å². The van der Waals surface area contributed by atoms with Crippen molar-refractivity contribution in [2.45, 2.75) is 69.0 Å². The first kappa shape index (κ1) is 27.0. The summed E-state index contributed by atoms with van der Waals surface area (Å²) in [6.45, 7) is 0. The molecule has 2 heterocycles. The van der Waals surface area contributed by atoms with E-state index < -0.39 is 11.7 Å². The minimum atomic E-state index is -4.39. The van der Waals surface area contributed by atoms with E-state index in [1.807, 2.05) is 35.1 Å². The van der Waals surface area contributed by atoms with Gasteiger partial charge in [-0.15, -0.1) is 0 Å². The van der Waals surface area contributed by atoms with Crippen LogP contribution in [0.4, 0.5) is 24.8 Å². The molecule has 6 nitrogen and oxygen atoms in total. The van der Waals surface area contributed by atoms with Crippen LogP contribution in [0.2, 0.25) is 0 Å². The number of carbonyl (C=O) groups excluding carboxylic acids is 1. The van der Waals surface area contributed by atoms with E-state index in [1.54, 1.807) is 18.5 Å². The van der Waals surface area contributed by atoms with Gasteiger partial charge in [0.15, 0.2) is 5.78 Å². The highest BCUT2D eigenvalue weighted by Crippen LogP contribution is 2.46. The number of Topliss-reactive ketones (excluding diaryl/α,β-unsaturated/α-hetero) is 1. The molecule has 44 heavy (non-hydrogen) atoms. The van der Waals surface area contributed by atoms with E-state index in [0.29, 0.717) is 47.4 Å². The van der Waals surface area contributed by atoms with Gasteiger partial charge in [0.2, 0.25) is 5.95 Å². The number of halogens is 3. The number of hydrogen-bond acceptors (Lipinski definition) is 5. The van der Waals surface area contributed by atoms with Crippen LogP contribution in [0.5, 0.6) is 0 Å². The molecule has 3 aromatic carbocycles. The fourth-order valence-corrected chi connectivity index (χ4v) is 6.62. The number of hydrogen-bond donors (Lipinski definition) is 1. The molecule has 0 amide bonds. The summed E-state index contributed by atoms with van der Waals surface area (Å²) in [4.78, 5) is 22.8. The number of fused-ring (bicyclic) bond motifs is 2. The molecule has 3 aliphatic rings. The maximum Gasteiger partial charge on any atom is 0.416 e. The lowest BCUT2D eigenvalue weighted by Crippen LogP contribution is -2.10. The Morgan fingerprint density at radius 2 is 1.82 bits per heavy atom. The predicted molar refractivity (Wildman–Crippen MR) is 162 cm³/mol. The first-order valence-corrected chi connectivity index (χ1v) is 15.2. The number of aromatic nitrogens is 4. The molecule has 0 radical (unpaired) electrons. The van der Waals surface area contributed by atoms with Crippen molar-refractivity contribution in [2.24, 2.45) is 0 Å². The molecule has 0 aliphatic heterocycles. The molecule has 222 valence electrons. The highest BCUT2D eigenvalue weighted by molar-refractivity contribution is 5.98. The molecule has 0 spiro atoms. The van der Waals surface area contributed by atoms with Crippen molar-refractivity contribution in [1.29, 1.82) is 0 Å². The van der Waals surface area contributed by atoms with E-state index in [2.05, 4.69) is 27.5 Å². The summed E-state index contributed by atoms with van der Waals surface area (Å²) in [5, 5.41) is 8.55. The number of benzene rings is 3. The molecule has 2 aromatic heterocycles. The lowest BCUT2D eigenvalue weighted by molar-refractivity contribution is -0.138. The lowest BCUT2D eigenvalue weighted by Gasteiger charge is -2.15. The third-order valence-corrected chi connectivity index (χ3v) is 9.19. The Bertz CT molecular complexity index is 1920. The van der Waals surface area contributed by atoms with Gasteiger partial charge >= 0.3 is 6.18 Å². The molecule has 1 unspecified atom stereocenters. The van der Waals surface area contributed by atoms with E-state index in [1.165, 1.54) is 11.6 Å². The van der Waals surface area contributed by atoms with Gasteiger partial charge < -0.3 is 5.32 Å². The number of carbonyl (C=O) groups is 1. The smallest absolute Gasteiger partial charge is 0.321 e. The van der Waals surface area contributed by atoms with Crippen molar-refractivity contribution >= 4 is 28.3 Å². The first-order chi connectivity index (χ1) is 21.3. The van der Waals surface area contributed by atoms with Gasteiger partial charge in [0.1, 0.15) is 0 Å². The second-order valence-corrected chi connectivity index (χ2v) is 12.3. The summed E-state index contributed by atoms with van der Waals surface area (Å²) in [5.41, 5.74) is 5.89. The molecule has 1 N–H and O–H groups in total. The van der Waals surface area contributed by atoms with Gasteiger partial charge in [0, 0.05) is 29.8 Å². The monoisotopic (exact) mass is 593 g/mol. The number of alkyl halides is 3. The maximum atomic E-state index is 13.6. The van der Waals surface area contributed by atoms with Gasteiger partial charge in [0.25, 0.3) is 0 Å². The summed E-state index contributed by atoms with van der Waals surface area (Å²) >= 11 is 0. The highest BCUT2D eigenvalue weighted by Gasteiger charge is 2.37. The molecule has 3 aliphatic carbocycles. The minimum absolute atomic E-state index is 0.0475. The van der Waals surface area contributed by atoms with E-state index in [9.17, 15) is 18.0 Å². The van der Waals surface area contributed by atoms with Gasteiger partial charge in [-0.05, 0) is 102 Å². The third kappa shape index (κ3) is 5.14. The van der Waals surface area contributed by atoms with Crippen LogP contribution in [0.15, 0.2) is 73.2 Å². The Balaban J connectivity index is 1.05. The standard InChI is InChI=1S/C35H30F3N5O/c36-35(37,38)31-3-1-2-27-22(6-12-29(27)31)16-33(44)23-7-11-28(20-4-5-20)30(15-23)21-8-13-32-24(14-21)17-39-34(42-32)41-25-18-40-43(19-25)26-9-10-26/h1-3,7-8,11,13-15,17-20,22,26H,4-6,9-10,12,16H2,(H,39,41,42). The summed E-state index contributed by atoms with van der Waals surface area (Å²) in [6, 6.07) is 16.8. The maximum absolute atomic E-state index is 13.6. The van der Waals surface area contributed by atoms with Crippen LogP contribution in [0.3, 0.4) is 0 Å². The Morgan fingerprint density at radius 1 is 0.955 bits per heavy atom. The second kappa shape index (κ2) is 10.3. The first-order valence-electron chi connectivity index (χ1n) is 15.2. The van der Waals surface area contributed by atoms with Crippen LogP contribution in [-0.4, -0.2) is 25.5 Å². The van der Waals surface area contributed by atoms with Crippen molar-refractivity contribution in [3.8, 4) is 11.1 Å². The zero-order chi connectivity index (χ0) is 30.0. The lowest BCUT2D eigenvalue weighted by atomic mass is 9.89. The van der Waals surface area contributed by atoms with Crippen LogP contribution in [-0.2, 0) is 12.6 Å². The predicted octanol–water partition coefficient (Wildman–Crippen LogP) is 8.77. The second-order valence-electron chi connectivity index (χ2n) is 12.3. The van der Waals surface area contributed by atoms with Gasteiger partial charge in [-0.1, -0.05) is 30.3 Å². The molecule has 2 fully saturated rings. The normalized spacial score (nSPS) is 18.0. The van der Waals surface area contributed by atoms with Gasteiger partial charge in [-0.2, -0.15) is 18.3 Å². The van der Waals surface area contributed by atoms with Crippen LogP contribution < -0.4 is 5.32 Å². The highest BCUT2D eigenvalue weighted by atomic mass is 19.4. The molecular weight excluding hydrogens is 563 g/mol. The minimum Gasteiger partial charge on any atom is -0.321 e. The molecule has 5 aromatic rings. The Labute approximate surface area is 252 Å². The molecule has 1 atom stereocenters. The number of nitrogens with one attached hydrogen (secondary N) is 1. The van der Waals surface area contributed by atoms with Crippen molar-refractivity contribution in [2.75, 3.05) is 5.32 Å². The Kier molecular flexibility index (Phi) is 6.32. The largest absolute Gasteiger partial charge is 0.416 e. The quantitative estimate of drug-likeness (QED) is 0.182. The van der Waals surface area contributed by atoms with Crippen molar-refractivity contribution in [3.05, 3.63) is 101 Å². The summed E-state index contributed by atoms with van der Waals surface area (Å²) in [5.74, 6) is 0.707. The van der Waals surface area contributed by atoms with E-state index in [-0.39, 0.29) is 18.1 Å². The molecule has 8 rings (SSSR count). The van der Waals surface area contributed by atoms with Crippen LogP contribution in [0, 0.1) is 0 Å². The van der Waals surface area contributed by atoms with Crippen LogP contribution >= 0.6 is 0 Å². The average Bonchev–Trinajstić information content (AvgIpc) is 3.96. The third-order valence-electron chi connectivity index (χ3n) is 9.19. The molecule has 2 saturated carbocycles. The van der Waals surface area contributed by atoms with Gasteiger partial charge in [-0.25, -0.2) is 9.97 Å². The van der Waals surface area contributed by atoms with Crippen molar-refractivity contribution < 1.29 is 18.0 Å². The number of ketones is 1. The number of anilines is 2. The molecule has 0 saturated heterocycles. The van der Waals surface area contributed by atoms with Gasteiger partial charge in [0.05, 0.1) is 29.0 Å². The fraction of sp³-hybridized carbons (Fsp3) is 0.314. The van der Waals surface area contributed by atoms with E-state index >= 15 is 0 Å². The van der Waals surface area contributed by atoms with Crippen LogP contribution in [0.1, 0.15) is 89.0 Å². The zero-order valence-electron chi connectivity index (χ0n) is 23.9. The SMILES string of the molecule is O=C(CC1CCc2c1cccc2C(F)(F)F)c1ccc(C2CC2)c(-c2ccc3nc(Nc4cnn(C5CC5)c4)ncc3c2)c1. The number of rotatable bonds is 8. The summed E-state index contributed by atoms with van der Waals surface area (Å²) in [6.07, 6.45) is 6.82. The van der Waals surface area contributed by atoms with Crippen LogP contribution in [0.25, 0.3) is 22.0 Å². The summed E-state index contributed by atoms with van der Waals surface area (Å²) in [7, 11) is 0. The molecule has 0 bridgehead atoms. The fourth-order valence-electron chi connectivity index (χ4n) is 6.62. The Morgan fingerprint density at radius 3 is 2.61 bits per heavy atom.